The molecule has 3 nitrogen and oxygen atoms in total. The van der Waals surface area contributed by atoms with E-state index in [1.165, 1.54) is 6.07 Å². The highest BCUT2D eigenvalue weighted by molar-refractivity contribution is 5.85. The summed E-state index contributed by atoms with van der Waals surface area (Å²) >= 11 is 0. The number of aromatic nitrogens is 2. The van der Waals surface area contributed by atoms with E-state index in [1.807, 2.05) is 4.57 Å². The van der Waals surface area contributed by atoms with Crippen LogP contribution >= 0.6 is 12.4 Å². The van der Waals surface area contributed by atoms with Gasteiger partial charge in [-0.3, -0.25) is 0 Å². The number of fused-ring (bicyclic) bond motifs is 1. The molecular formula is C14H17ClF3N3. The maximum atomic E-state index is 12.7. The number of imidazole rings is 1. The molecule has 1 aliphatic carbocycles. The molecule has 116 valence electrons. The number of rotatable bonds is 1. The number of benzene rings is 1. The van der Waals surface area contributed by atoms with Gasteiger partial charge < -0.3 is 10.3 Å². The van der Waals surface area contributed by atoms with Gasteiger partial charge >= 0.3 is 6.18 Å². The molecule has 0 saturated heterocycles. The van der Waals surface area contributed by atoms with Crippen LogP contribution in [-0.2, 0) is 6.18 Å². The molecule has 0 radical (unpaired) electrons. The monoisotopic (exact) mass is 319 g/mol. The van der Waals surface area contributed by atoms with Gasteiger partial charge in [-0.05, 0) is 43.9 Å². The van der Waals surface area contributed by atoms with Crippen LogP contribution in [0.25, 0.3) is 11.0 Å². The van der Waals surface area contributed by atoms with Gasteiger partial charge in [0.1, 0.15) is 0 Å². The number of nitrogens with two attached hydrogens (primary N) is 1. The van der Waals surface area contributed by atoms with Gasteiger partial charge in [-0.25, -0.2) is 4.98 Å². The number of halogens is 4. The van der Waals surface area contributed by atoms with Crippen molar-refractivity contribution in [1.82, 2.24) is 9.55 Å². The second-order valence-electron chi connectivity index (χ2n) is 5.42. The molecule has 0 bridgehead atoms. The van der Waals surface area contributed by atoms with E-state index in [-0.39, 0.29) is 24.5 Å². The van der Waals surface area contributed by atoms with Crippen molar-refractivity contribution in [3.05, 3.63) is 30.1 Å². The van der Waals surface area contributed by atoms with E-state index in [9.17, 15) is 13.2 Å². The normalized spacial score (nSPS) is 23.0. The summed E-state index contributed by atoms with van der Waals surface area (Å²) in [6.45, 7) is 0. The van der Waals surface area contributed by atoms with Gasteiger partial charge in [0.25, 0.3) is 0 Å². The van der Waals surface area contributed by atoms with Crippen molar-refractivity contribution < 1.29 is 13.2 Å². The topological polar surface area (TPSA) is 43.8 Å². The molecule has 21 heavy (non-hydrogen) atoms. The molecule has 2 aromatic rings. The lowest BCUT2D eigenvalue weighted by molar-refractivity contribution is -0.137. The smallest absolute Gasteiger partial charge is 0.328 e. The molecule has 0 amide bonds. The summed E-state index contributed by atoms with van der Waals surface area (Å²) in [6.07, 6.45) is 1.12. The van der Waals surface area contributed by atoms with Crippen LogP contribution in [0.15, 0.2) is 24.5 Å². The SMILES string of the molecule is Cl.NC1CCC(n2cnc3cc(C(F)(F)F)ccc32)CC1. The fraction of sp³-hybridized carbons (Fsp3) is 0.500. The Bertz CT molecular complexity index is 615. The van der Waals surface area contributed by atoms with Gasteiger partial charge in [-0.2, -0.15) is 13.2 Å². The number of alkyl halides is 3. The molecule has 1 heterocycles. The van der Waals surface area contributed by atoms with Gasteiger partial charge in [0.2, 0.25) is 0 Å². The minimum Gasteiger partial charge on any atom is -0.328 e. The Kier molecular flexibility index (Phi) is 4.49. The first-order valence-corrected chi connectivity index (χ1v) is 6.74. The molecule has 3 rings (SSSR count). The van der Waals surface area contributed by atoms with E-state index in [0.717, 1.165) is 43.3 Å². The third-order valence-electron chi connectivity index (χ3n) is 4.04. The van der Waals surface area contributed by atoms with Gasteiger partial charge in [0.05, 0.1) is 22.9 Å². The third-order valence-corrected chi connectivity index (χ3v) is 4.04. The molecule has 1 saturated carbocycles. The molecule has 1 aromatic carbocycles. The lowest BCUT2D eigenvalue weighted by Crippen LogP contribution is -2.27. The maximum Gasteiger partial charge on any atom is 0.416 e. The molecule has 0 atom stereocenters. The molecule has 1 aliphatic rings. The Morgan fingerprint density at radius 1 is 1.14 bits per heavy atom. The standard InChI is InChI=1S/C14H16F3N3.ClH/c15-14(16,17)9-1-6-13-12(7-9)19-8-20(13)11-4-2-10(18)3-5-11;/h1,6-8,10-11H,2-5,18H2;1H. The number of nitrogens with zero attached hydrogens (tertiary/aromatic N) is 2. The average molecular weight is 320 g/mol. The van der Waals surface area contributed by atoms with Crippen molar-refractivity contribution in [3.63, 3.8) is 0 Å². The summed E-state index contributed by atoms with van der Waals surface area (Å²) in [5, 5.41) is 0. The summed E-state index contributed by atoms with van der Waals surface area (Å²) in [6, 6.07) is 4.28. The molecule has 0 spiro atoms. The summed E-state index contributed by atoms with van der Waals surface area (Å²) in [5.41, 5.74) is 6.39. The second-order valence-corrected chi connectivity index (χ2v) is 5.42. The summed E-state index contributed by atoms with van der Waals surface area (Å²) in [5.74, 6) is 0. The summed E-state index contributed by atoms with van der Waals surface area (Å²) in [7, 11) is 0. The summed E-state index contributed by atoms with van der Waals surface area (Å²) < 4.78 is 40.0. The summed E-state index contributed by atoms with van der Waals surface area (Å²) in [4.78, 5) is 4.12. The van der Waals surface area contributed by atoms with Crippen LogP contribution in [0.3, 0.4) is 0 Å². The molecule has 0 unspecified atom stereocenters. The van der Waals surface area contributed by atoms with Crippen LogP contribution in [0.5, 0.6) is 0 Å². The highest BCUT2D eigenvalue weighted by Gasteiger charge is 2.31. The van der Waals surface area contributed by atoms with E-state index in [0.29, 0.717) is 5.52 Å². The molecule has 0 aliphatic heterocycles. The second kappa shape index (κ2) is 5.85. The Balaban J connectivity index is 0.00000161. The zero-order valence-electron chi connectivity index (χ0n) is 11.3. The van der Waals surface area contributed by atoms with Crippen LogP contribution in [-0.4, -0.2) is 15.6 Å². The molecular weight excluding hydrogens is 303 g/mol. The van der Waals surface area contributed by atoms with Gasteiger partial charge in [-0.1, -0.05) is 0 Å². The average Bonchev–Trinajstić information content (AvgIpc) is 2.81. The Labute approximate surface area is 126 Å². The first-order valence-electron chi connectivity index (χ1n) is 6.74. The van der Waals surface area contributed by atoms with Crippen molar-refractivity contribution in [2.45, 2.75) is 43.9 Å². The van der Waals surface area contributed by atoms with Crippen LogP contribution in [0.4, 0.5) is 13.2 Å². The van der Waals surface area contributed by atoms with E-state index < -0.39 is 11.7 Å². The van der Waals surface area contributed by atoms with Gasteiger partial charge in [-0.15, -0.1) is 12.4 Å². The van der Waals surface area contributed by atoms with Crippen LogP contribution in [0.1, 0.15) is 37.3 Å². The maximum absolute atomic E-state index is 12.7. The van der Waals surface area contributed by atoms with Crippen LogP contribution in [0.2, 0.25) is 0 Å². The Morgan fingerprint density at radius 2 is 1.81 bits per heavy atom. The van der Waals surface area contributed by atoms with Crippen molar-refractivity contribution in [3.8, 4) is 0 Å². The molecule has 7 heteroatoms. The minimum atomic E-state index is -4.32. The van der Waals surface area contributed by atoms with E-state index in [2.05, 4.69) is 4.98 Å². The quantitative estimate of drug-likeness (QED) is 0.865. The van der Waals surface area contributed by atoms with Crippen molar-refractivity contribution in [1.29, 1.82) is 0 Å². The predicted molar refractivity (Wildman–Crippen MR) is 77.5 cm³/mol. The highest BCUT2D eigenvalue weighted by atomic mass is 35.5. The van der Waals surface area contributed by atoms with Crippen LogP contribution in [0, 0.1) is 0 Å². The lowest BCUT2D eigenvalue weighted by Gasteiger charge is -2.27. The Hall–Kier alpha value is -1.27. The van der Waals surface area contributed by atoms with E-state index >= 15 is 0 Å². The lowest BCUT2D eigenvalue weighted by atomic mass is 9.91. The zero-order valence-corrected chi connectivity index (χ0v) is 12.1. The molecule has 1 fully saturated rings. The van der Waals surface area contributed by atoms with Crippen molar-refractivity contribution in [2.24, 2.45) is 5.73 Å². The highest BCUT2D eigenvalue weighted by Crippen LogP contribution is 2.34. The zero-order chi connectivity index (χ0) is 14.3. The first kappa shape index (κ1) is 16.1. The fourth-order valence-corrected chi connectivity index (χ4v) is 2.88. The predicted octanol–water partition coefficient (Wildman–Crippen LogP) is 3.92. The van der Waals surface area contributed by atoms with Crippen LogP contribution < -0.4 is 5.73 Å². The van der Waals surface area contributed by atoms with E-state index in [4.69, 9.17) is 5.73 Å². The number of hydrogen-bond donors (Lipinski definition) is 1. The van der Waals surface area contributed by atoms with Crippen molar-refractivity contribution >= 4 is 23.4 Å². The molecule has 2 N–H and O–H groups in total. The number of hydrogen-bond acceptors (Lipinski definition) is 2. The van der Waals surface area contributed by atoms with Crippen molar-refractivity contribution in [2.75, 3.05) is 0 Å². The fourth-order valence-electron chi connectivity index (χ4n) is 2.88. The third kappa shape index (κ3) is 3.16. The largest absolute Gasteiger partial charge is 0.416 e. The Morgan fingerprint density at radius 3 is 2.43 bits per heavy atom. The molecule has 1 aromatic heterocycles. The minimum absolute atomic E-state index is 0. The first-order chi connectivity index (χ1) is 9.45. The van der Waals surface area contributed by atoms with Gasteiger partial charge in [0.15, 0.2) is 0 Å². The van der Waals surface area contributed by atoms with E-state index in [1.54, 1.807) is 6.33 Å². The van der Waals surface area contributed by atoms with Gasteiger partial charge in [0, 0.05) is 12.1 Å².